The number of rotatable bonds is 10. The second kappa shape index (κ2) is 10.6. The summed E-state index contributed by atoms with van der Waals surface area (Å²) in [6, 6.07) is 11.9. The third-order valence-corrected chi connectivity index (χ3v) is 5.03. The topological polar surface area (TPSA) is 72.8 Å². The van der Waals surface area contributed by atoms with Crippen molar-refractivity contribution < 1.29 is 28.6 Å². The Morgan fingerprint density at radius 1 is 1.07 bits per heavy atom. The van der Waals surface area contributed by atoms with Crippen LogP contribution >= 0.6 is 0 Å². The Balaban J connectivity index is 1.64. The first-order valence-electron chi connectivity index (χ1n) is 10.1. The van der Waals surface area contributed by atoms with Gasteiger partial charge in [-0.15, -0.1) is 0 Å². The Kier molecular flexibility index (Phi) is 7.60. The Labute approximate surface area is 175 Å². The maximum Gasteiger partial charge on any atom is 0.344 e. The smallest absolute Gasteiger partial charge is 0.344 e. The Bertz CT molecular complexity index is 904. The molecule has 3 rings (SSSR count). The van der Waals surface area contributed by atoms with Gasteiger partial charge in [-0.2, -0.15) is 0 Å². The van der Waals surface area contributed by atoms with Crippen molar-refractivity contribution in [2.75, 3.05) is 6.61 Å². The summed E-state index contributed by atoms with van der Waals surface area (Å²) >= 11 is 0. The van der Waals surface area contributed by atoms with Crippen LogP contribution in [0.25, 0.3) is 0 Å². The van der Waals surface area contributed by atoms with Gasteiger partial charge >= 0.3 is 5.97 Å². The van der Waals surface area contributed by atoms with E-state index in [0.29, 0.717) is 18.6 Å². The third kappa shape index (κ3) is 6.17. The van der Waals surface area contributed by atoms with Crippen LogP contribution < -0.4 is 9.47 Å². The molecule has 1 N–H and O–H groups in total. The summed E-state index contributed by atoms with van der Waals surface area (Å²) in [4.78, 5) is 24.3. The highest BCUT2D eigenvalue weighted by atomic mass is 19.1. The number of carboxylic acid groups (broad SMARTS) is 1. The number of allylic oxidation sites excluding steroid dienone is 2. The minimum Gasteiger partial charge on any atom is -0.485 e. The second-order valence-electron chi connectivity index (χ2n) is 7.25. The number of carbonyl (C=O) groups is 2. The van der Waals surface area contributed by atoms with Crippen molar-refractivity contribution >= 4 is 11.8 Å². The number of halogens is 1. The van der Waals surface area contributed by atoms with Crippen molar-refractivity contribution in [1.82, 2.24) is 0 Å². The molecule has 6 heteroatoms. The highest BCUT2D eigenvalue weighted by Crippen LogP contribution is 2.25. The molecule has 5 nitrogen and oxygen atoms in total. The molecule has 2 aromatic carbocycles. The largest absolute Gasteiger partial charge is 0.485 e. The minimum atomic E-state index is -1.06. The highest BCUT2D eigenvalue weighted by Gasteiger charge is 2.23. The molecule has 0 spiro atoms. The summed E-state index contributed by atoms with van der Waals surface area (Å²) in [7, 11) is 0. The predicted molar refractivity (Wildman–Crippen MR) is 111 cm³/mol. The quantitative estimate of drug-likeness (QED) is 0.429. The Morgan fingerprint density at radius 2 is 1.83 bits per heavy atom. The number of para-hydroxylation sites is 1. The lowest BCUT2D eigenvalue weighted by Gasteiger charge is -2.19. The summed E-state index contributed by atoms with van der Waals surface area (Å²) in [6.07, 6.45) is 6.51. The maximum absolute atomic E-state index is 13.0. The van der Waals surface area contributed by atoms with Gasteiger partial charge in [0.05, 0.1) is 5.56 Å². The number of benzene rings is 2. The first-order valence-corrected chi connectivity index (χ1v) is 10.1. The zero-order valence-electron chi connectivity index (χ0n) is 16.7. The lowest BCUT2D eigenvalue weighted by molar-refractivity contribution is -0.145. The molecular formula is C24H25FO5. The minimum absolute atomic E-state index is 0.218. The normalized spacial score (nSPS) is 14.5. The van der Waals surface area contributed by atoms with E-state index in [2.05, 4.69) is 6.08 Å². The fourth-order valence-corrected chi connectivity index (χ4v) is 3.39. The van der Waals surface area contributed by atoms with Crippen LogP contribution in [0.2, 0.25) is 0 Å². The van der Waals surface area contributed by atoms with Crippen molar-refractivity contribution in [2.45, 2.75) is 44.6 Å². The number of hydrogen-bond donors (Lipinski definition) is 1. The van der Waals surface area contributed by atoms with Crippen LogP contribution in [-0.4, -0.2) is 29.6 Å². The van der Waals surface area contributed by atoms with Gasteiger partial charge < -0.3 is 14.6 Å². The van der Waals surface area contributed by atoms with E-state index in [4.69, 9.17) is 9.47 Å². The standard InChI is InChI=1S/C24H25FO5/c25-18-11-13-19(14-12-18)29-16-21(26)20-8-4-5-9-22(20)30-23(24(27)28)15-10-17-6-2-1-3-7-17/h4-6,8-9,11-14,23H,1-3,7,10,15-16H2,(H,27,28). The summed E-state index contributed by atoms with van der Waals surface area (Å²) < 4.78 is 24.1. The van der Waals surface area contributed by atoms with E-state index in [-0.39, 0.29) is 23.7 Å². The van der Waals surface area contributed by atoms with Crippen LogP contribution in [0, 0.1) is 5.82 Å². The zero-order chi connectivity index (χ0) is 21.3. The molecule has 2 aromatic rings. The van der Waals surface area contributed by atoms with Gasteiger partial charge in [-0.3, -0.25) is 4.79 Å². The molecule has 1 unspecified atom stereocenters. The molecular weight excluding hydrogens is 387 g/mol. The molecule has 158 valence electrons. The molecule has 30 heavy (non-hydrogen) atoms. The predicted octanol–water partition coefficient (Wildman–Crippen LogP) is 5.20. The molecule has 0 saturated carbocycles. The molecule has 1 atom stereocenters. The number of ether oxygens (including phenoxy) is 2. The number of Topliss-reactive ketones (excluding diaryl/α,β-unsaturated/α-hetero) is 1. The van der Waals surface area contributed by atoms with Crippen molar-refractivity contribution in [3.63, 3.8) is 0 Å². The molecule has 0 bridgehead atoms. The number of carboxylic acids is 1. The van der Waals surface area contributed by atoms with Crippen LogP contribution in [-0.2, 0) is 4.79 Å². The van der Waals surface area contributed by atoms with Crippen LogP contribution in [0.1, 0.15) is 48.9 Å². The van der Waals surface area contributed by atoms with Crippen LogP contribution in [0.3, 0.4) is 0 Å². The van der Waals surface area contributed by atoms with E-state index in [0.717, 1.165) is 19.3 Å². The fourth-order valence-electron chi connectivity index (χ4n) is 3.39. The molecule has 0 amide bonds. The zero-order valence-corrected chi connectivity index (χ0v) is 16.7. The van der Waals surface area contributed by atoms with Gasteiger partial charge in [0.1, 0.15) is 17.3 Å². The van der Waals surface area contributed by atoms with Crippen molar-refractivity contribution in [1.29, 1.82) is 0 Å². The average molecular weight is 412 g/mol. The summed E-state index contributed by atoms with van der Waals surface area (Å²) in [5.41, 5.74) is 1.52. The van der Waals surface area contributed by atoms with Gasteiger partial charge in [-0.1, -0.05) is 23.8 Å². The third-order valence-electron chi connectivity index (χ3n) is 5.03. The van der Waals surface area contributed by atoms with Gasteiger partial charge in [-0.05, 0) is 74.9 Å². The number of hydrogen-bond acceptors (Lipinski definition) is 4. The molecule has 0 saturated heterocycles. The van der Waals surface area contributed by atoms with Crippen LogP contribution in [0.4, 0.5) is 4.39 Å². The van der Waals surface area contributed by atoms with Crippen molar-refractivity contribution in [3.8, 4) is 11.5 Å². The van der Waals surface area contributed by atoms with Gasteiger partial charge in [0.25, 0.3) is 0 Å². The van der Waals surface area contributed by atoms with E-state index in [1.165, 1.54) is 36.3 Å². The monoisotopic (exact) mass is 412 g/mol. The lowest BCUT2D eigenvalue weighted by atomic mass is 9.95. The fraction of sp³-hybridized carbons (Fsp3) is 0.333. The Morgan fingerprint density at radius 3 is 2.53 bits per heavy atom. The molecule has 0 fully saturated rings. The first-order chi connectivity index (χ1) is 14.5. The summed E-state index contributed by atoms with van der Waals surface area (Å²) in [5, 5.41) is 9.58. The summed E-state index contributed by atoms with van der Waals surface area (Å²) in [6.45, 7) is -0.267. The number of aliphatic carboxylic acids is 1. The number of carbonyl (C=O) groups excluding carboxylic acids is 1. The maximum atomic E-state index is 13.0. The SMILES string of the molecule is O=C(COc1ccc(F)cc1)c1ccccc1OC(CCC1=CCCCC1)C(=O)O. The van der Waals surface area contributed by atoms with E-state index in [9.17, 15) is 19.1 Å². The molecule has 0 radical (unpaired) electrons. The van der Waals surface area contributed by atoms with Gasteiger partial charge in [-0.25, -0.2) is 9.18 Å². The molecule has 1 aliphatic rings. The van der Waals surface area contributed by atoms with Crippen molar-refractivity contribution in [3.05, 3.63) is 71.6 Å². The van der Waals surface area contributed by atoms with Gasteiger partial charge in [0.15, 0.2) is 12.7 Å². The van der Waals surface area contributed by atoms with Crippen molar-refractivity contribution in [2.24, 2.45) is 0 Å². The highest BCUT2D eigenvalue weighted by molar-refractivity contribution is 5.99. The summed E-state index contributed by atoms with van der Waals surface area (Å²) in [5.74, 6) is -1.22. The molecule has 0 heterocycles. The molecule has 1 aliphatic carbocycles. The van der Waals surface area contributed by atoms with Gasteiger partial charge in [0.2, 0.25) is 5.78 Å². The van der Waals surface area contributed by atoms with Gasteiger partial charge in [0, 0.05) is 0 Å². The molecule has 0 aromatic heterocycles. The van der Waals surface area contributed by atoms with E-state index in [1.807, 2.05) is 0 Å². The second-order valence-corrected chi connectivity index (χ2v) is 7.25. The average Bonchev–Trinajstić information content (AvgIpc) is 2.77. The van der Waals surface area contributed by atoms with E-state index >= 15 is 0 Å². The van der Waals surface area contributed by atoms with E-state index < -0.39 is 17.9 Å². The Hall–Kier alpha value is -3.15. The van der Waals surface area contributed by atoms with Crippen LogP contribution in [0.5, 0.6) is 11.5 Å². The molecule has 0 aliphatic heterocycles. The lowest BCUT2D eigenvalue weighted by Crippen LogP contribution is -2.28. The van der Waals surface area contributed by atoms with E-state index in [1.54, 1.807) is 24.3 Å². The number of ketones is 1. The first kappa shape index (κ1) is 21.6. The van der Waals surface area contributed by atoms with Crippen LogP contribution in [0.15, 0.2) is 60.2 Å².